The van der Waals surface area contributed by atoms with Crippen LogP contribution >= 0.6 is 0 Å². The summed E-state index contributed by atoms with van der Waals surface area (Å²) in [4.78, 5) is 0. The summed E-state index contributed by atoms with van der Waals surface area (Å²) < 4.78 is 46.4. The van der Waals surface area contributed by atoms with E-state index < -0.39 is 15.8 Å². The Bertz CT molecular complexity index is 836. The summed E-state index contributed by atoms with van der Waals surface area (Å²) in [7, 11) is -1.94. The third-order valence-electron chi connectivity index (χ3n) is 4.91. The summed E-state index contributed by atoms with van der Waals surface area (Å²) in [6, 6.07) is 13.9. The van der Waals surface area contributed by atoms with Crippen LogP contribution in [-0.2, 0) is 15.8 Å². The van der Waals surface area contributed by atoms with E-state index in [4.69, 9.17) is 4.74 Å². The molecule has 1 saturated heterocycles. The van der Waals surface area contributed by atoms with E-state index in [9.17, 15) is 12.8 Å². The number of methoxy groups -OCH3 is 1. The van der Waals surface area contributed by atoms with Crippen LogP contribution in [0.5, 0.6) is 5.75 Å². The van der Waals surface area contributed by atoms with Crippen molar-refractivity contribution in [2.75, 3.05) is 20.2 Å². The van der Waals surface area contributed by atoms with Gasteiger partial charge in [-0.2, -0.15) is 0 Å². The Morgan fingerprint density at radius 2 is 1.85 bits per heavy atom. The van der Waals surface area contributed by atoms with Gasteiger partial charge in [-0.1, -0.05) is 36.8 Å². The molecule has 3 rings (SSSR count). The summed E-state index contributed by atoms with van der Waals surface area (Å²) in [6.45, 7) is 0.923. The monoisotopic (exact) mass is 377 g/mol. The Kier molecular flexibility index (Phi) is 5.94. The Morgan fingerprint density at radius 3 is 2.54 bits per heavy atom. The quantitative estimate of drug-likeness (QED) is 0.793. The van der Waals surface area contributed by atoms with E-state index in [0.29, 0.717) is 13.1 Å². The smallest absolute Gasteiger partial charge is 0.218 e. The second-order valence-corrected chi connectivity index (χ2v) is 8.64. The minimum Gasteiger partial charge on any atom is -0.497 e. The SMILES string of the molecule is COc1ccc(C2CCCCN(S(=O)(=O)Cc3ccccc3F)C2)cc1. The van der Waals surface area contributed by atoms with Gasteiger partial charge in [-0.25, -0.2) is 17.1 Å². The molecular weight excluding hydrogens is 353 g/mol. The zero-order valence-corrected chi connectivity index (χ0v) is 15.7. The van der Waals surface area contributed by atoms with Gasteiger partial charge in [0.1, 0.15) is 11.6 Å². The maximum Gasteiger partial charge on any atom is 0.218 e. The van der Waals surface area contributed by atoms with Crippen molar-refractivity contribution in [1.82, 2.24) is 4.31 Å². The maximum atomic E-state index is 13.9. The molecule has 0 saturated carbocycles. The van der Waals surface area contributed by atoms with Gasteiger partial charge < -0.3 is 4.74 Å². The molecule has 0 N–H and O–H groups in total. The van der Waals surface area contributed by atoms with Crippen molar-refractivity contribution in [2.24, 2.45) is 0 Å². The molecule has 0 radical (unpaired) electrons. The van der Waals surface area contributed by atoms with Crippen LogP contribution in [-0.4, -0.2) is 32.9 Å². The third-order valence-corrected chi connectivity index (χ3v) is 6.70. The van der Waals surface area contributed by atoms with Gasteiger partial charge in [0, 0.05) is 18.7 Å². The summed E-state index contributed by atoms with van der Waals surface area (Å²) in [6.07, 6.45) is 2.74. The van der Waals surface area contributed by atoms with Gasteiger partial charge >= 0.3 is 0 Å². The van der Waals surface area contributed by atoms with E-state index in [1.165, 1.54) is 16.4 Å². The lowest BCUT2D eigenvalue weighted by Gasteiger charge is -2.24. The summed E-state index contributed by atoms with van der Waals surface area (Å²) in [5.74, 6) is 0.150. The van der Waals surface area contributed by atoms with Crippen LogP contribution in [0.25, 0.3) is 0 Å². The van der Waals surface area contributed by atoms with Crippen LogP contribution in [0.4, 0.5) is 4.39 Å². The second-order valence-electron chi connectivity index (χ2n) is 6.67. The number of rotatable bonds is 5. The van der Waals surface area contributed by atoms with Crippen molar-refractivity contribution < 1.29 is 17.5 Å². The number of nitrogens with zero attached hydrogens (tertiary/aromatic N) is 1. The number of ether oxygens (including phenoxy) is 1. The summed E-state index contributed by atoms with van der Waals surface area (Å²) in [5.41, 5.74) is 1.33. The van der Waals surface area contributed by atoms with Crippen LogP contribution < -0.4 is 4.74 Å². The number of benzene rings is 2. The largest absolute Gasteiger partial charge is 0.497 e. The van der Waals surface area contributed by atoms with Crippen molar-refractivity contribution in [3.05, 3.63) is 65.5 Å². The number of hydrogen-bond acceptors (Lipinski definition) is 3. The zero-order chi connectivity index (χ0) is 18.6. The zero-order valence-electron chi connectivity index (χ0n) is 14.9. The first kappa shape index (κ1) is 18.9. The van der Waals surface area contributed by atoms with Gasteiger partial charge in [0.05, 0.1) is 12.9 Å². The molecule has 1 unspecified atom stereocenters. The first-order valence-corrected chi connectivity index (χ1v) is 10.5. The molecular formula is C20H24FNO3S. The van der Waals surface area contributed by atoms with Crippen LogP contribution in [0.2, 0.25) is 0 Å². The van der Waals surface area contributed by atoms with Crippen molar-refractivity contribution in [3.8, 4) is 5.75 Å². The Morgan fingerprint density at radius 1 is 1.12 bits per heavy atom. The van der Waals surface area contributed by atoms with E-state index in [1.54, 1.807) is 19.2 Å². The standard InChI is InChI=1S/C20H24FNO3S/c1-25-19-11-9-16(10-12-19)17-6-4-5-13-22(14-17)26(23,24)15-18-7-2-3-8-20(18)21/h2-3,7-12,17H,4-6,13-15H2,1H3. The van der Waals surface area contributed by atoms with Gasteiger partial charge in [-0.3, -0.25) is 0 Å². The Balaban J connectivity index is 1.78. The van der Waals surface area contributed by atoms with Crippen molar-refractivity contribution in [2.45, 2.75) is 30.9 Å². The van der Waals surface area contributed by atoms with E-state index in [-0.39, 0.29) is 17.2 Å². The van der Waals surface area contributed by atoms with E-state index >= 15 is 0 Å². The topological polar surface area (TPSA) is 46.6 Å². The number of hydrogen-bond donors (Lipinski definition) is 0. The van der Waals surface area contributed by atoms with Crippen LogP contribution in [0.15, 0.2) is 48.5 Å². The fourth-order valence-electron chi connectivity index (χ4n) is 3.41. The molecule has 1 aliphatic heterocycles. The molecule has 4 nitrogen and oxygen atoms in total. The minimum atomic E-state index is -3.57. The van der Waals surface area contributed by atoms with Crippen molar-refractivity contribution in [1.29, 1.82) is 0 Å². The predicted octanol–water partition coefficient (Wildman–Crippen LogP) is 3.93. The highest BCUT2D eigenvalue weighted by Crippen LogP contribution is 2.29. The normalized spacial score (nSPS) is 19.1. The average Bonchev–Trinajstić information content (AvgIpc) is 2.90. The highest BCUT2D eigenvalue weighted by Gasteiger charge is 2.29. The molecule has 0 aliphatic carbocycles. The molecule has 1 heterocycles. The lowest BCUT2D eigenvalue weighted by molar-refractivity contribution is 0.403. The first-order chi connectivity index (χ1) is 12.5. The fourth-order valence-corrected chi connectivity index (χ4v) is 5.04. The molecule has 0 aromatic heterocycles. The van der Waals surface area contributed by atoms with Gasteiger partial charge in [0.2, 0.25) is 10.0 Å². The number of halogens is 1. The molecule has 26 heavy (non-hydrogen) atoms. The van der Waals surface area contributed by atoms with Crippen molar-refractivity contribution >= 4 is 10.0 Å². The molecule has 2 aromatic rings. The van der Waals surface area contributed by atoms with Gasteiger partial charge in [-0.05, 0) is 42.5 Å². The first-order valence-electron chi connectivity index (χ1n) is 8.85. The van der Waals surface area contributed by atoms with E-state index in [0.717, 1.165) is 30.6 Å². The molecule has 2 aromatic carbocycles. The summed E-state index contributed by atoms with van der Waals surface area (Å²) in [5, 5.41) is 0. The average molecular weight is 377 g/mol. The number of sulfonamides is 1. The molecule has 1 atom stereocenters. The van der Waals surface area contributed by atoms with Gasteiger partial charge in [-0.15, -0.1) is 0 Å². The van der Waals surface area contributed by atoms with Crippen LogP contribution in [0.1, 0.15) is 36.3 Å². The molecule has 6 heteroatoms. The van der Waals surface area contributed by atoms with Crippen molar-refractivity contribution in [3.63, 3.8) is 0 Å². The molecule has 1 aliphatic rings. The molecule has 0 spiro atoms. The predicted molar refractivity (Wildman–Crippen MR) is 100 cm³/mol. The minimum absolute atomic E-state index is 0.138. The van der Waals surface area contributed by atoms with Gasteiger partial charge in [0.15, 0.2) is 0 Å². The van der Waals surface area contributed by atoms with E-state index in [2.05, 4.69) is 0 Å². The molecule has 140 valence electrons. The fraction of sp³-hybridized carbons (Fsp3) is 0.400. The van der Waals surface area contributed by atoms with Crippen LogP contribution in [0, 0.1) is 5.82 Å². The Hall–Kier alpha value is -1.92. The summed E-state index contributed by atoms with van der Waals surface area (Å²) >= 11 is 0. The maximum absolute atomic E-state index is 13.9. The lowest BCUT2D eigenvalue weighted by Crippen LogP contribution is -2.35. The highest BCUT2D eigenvalue weighted by atomic mass is 32.2. The lowest BCUT2D eigenvalue weighted by atomic mass is 9.94. The van der Waals surface area contributed by atoms with Crippen LogP contribution in [0.3, 0.4) is 0 Å². The highest BCUT2D eigenvalue weighted by molar-refractivity contribution is 7.88. The van der Waals surface area contributed by atoms with E-state index in [1.807, 2.05) is 24.3 Å². The second kappa shape index (κ2) is 8.18. The van der Waals surface area contributed by atoms with Gasteiger partial charge in [0.25, 0.3) is 0 Å². The molecule has 0 bridgehead atoms. The molecule has 0 amide bonds. The Labute approximate surface area is 154 Å². The third kappa shape index (κ3) is 4.43. The molecule has 1 fully saturated rings.